The zero-order valence-corrected chi connectivity index (χ0v) is 30.2. The van der Waals surface area contributed by atoms with Gasteiger partial charge in [0.2, 0.25) is 0 Å². The van der Waals surface area contributed by atoms with Gasteiger partial charge in [0.25, 0.3) is 11.8 Å². The first-order valence-electron chi connectivity index (χ1n) is 17.4. The maximum absolute atomic E-state index is 13.0. The van der Waals surface area contributed by atoms with Crippen molar-refractivity contribution < 1.29 is 66.6 Å². The van der Waals surface area contributed by atoms with Gasteiger partial charge >= 0.3 is 17.9 Å². The van der Waals surface area contributed by atoms with E-state index in [1.807, 2.05) is 0 Å². The zero-order chi connectivity index (χ0) is 39.9. The molecule has 2 aromatic rings. The minimum absolute atomic E-state index is 0.0870. The Hall–Kier alpha value is -5.63. The Labute approximate surface area is 318 Å². The summed E-state index contributed by atoms with van der Waals surface area (Å²) < 4.78 is 53.5. The van der Waals surface area contributed by atoms with Crippen molar-refractivity contribution in [2.24, 2.45) is 10.2 Å². The molecule has 2 aromatic carbocycles. The molecule has 0 bridgehead atoms. The van der Waals surface area contributed by atoms with Crippen LogP contribution >= 0.6 is 0 Å². The van der Waals surface area contributed by atoms with Gasteiger partial charge in [-0.3, -0.25) is 28.9 Å². The summed E-state index contributed by atoms with van der Waals surface area (Å²) in [5, 5.41) is 7.73. The molecule has 0 radical (unpaired) electrons. The lowest BCUT2D eigenvalue weighted by molar-refractivity contribution is -0.368. The van der Waals surface area contributed by atoms with Crippen LogP contribution in [0.15, 0.2) is 64.8 Å². The van der Waals surface area contributed by atoms with Crippen LogP contribution in [0.1, 0.15) is 53.3 Å². The van der Waals surface area contributed by atoms with Crippen LogP contribution in [0, 0.1) is 0 Å². The number of imide groups is 1. The second-order valence-electron chi connectivity index (χ2n) is 12.9. The fraction of sp³-hybridized carbons (Fsp3) is 0.514. The fourth-order valence-electron chi connectivity index (χ4n) is 6.85. The first-order chi connectivity index (χ1) is 27.0. The Balaban J connectivity index is 1.32. The number of nitrogens with zero attached hydrogens (tertiary/aromatic N) is 7. The summed E-state index contributed by atoms with van der Waals surface area (Å²) in [6.07, 6.45) is -11.7. The van der Waals surface area contributed by atoms with Crippen molar-refractivity contribution >= 4 is 29.7 Å². The average molecular weight is 780 g/mol. The van der Waals surface area contributed by atoms with Crippen molar-refractivity contribution in [1.82, 2.24) is 4.90 Å². The Morgan fingerprint density at radius 3 is 2.00 bits per heavy atom. The van der Waals surface area contributed by atoms with Gasteiger partial charge in [0.05, 0.1) is 30.9 Å². The number of fused-ring (bicyclic) bond motifs is 2. The SMILES string of the molecule is CC(=O)OCC1OC(OC2C(N=[N+]=[N-])C(OCCN3C(=O)c4ccccc4C3=O)OC3COC(c4ccccc4)OC32)C(N=[N+]=[N-])C(OC(C)=O)C1OC(C)=O. The average Bonchev–Trinajstić information content (AvgIpc) is 3.42. The number of carbonyl (C=O) groups excluding carboxylic acids is 5. The molecule has 4 aliphatic heterocycles. The smallest absolute Gasteiger partial charge is 0.303 e. The quantitative estimate of drug-likeness (QED) is 0.0706. The highest BCUT2D eigenvalue weighted by atomic mass is 16.8. The first-order valence-corrected chi connectivity index (χ1v) is 17.4. The van der Waals surface area contributed by atoms with Gasteiger partial charge in [0, 0.05) is 36.2 Å². The molecule has 296 valence electrons. The Kier molecular flexibility index (Phi) is 12.8. The zero-order valence-electron chi connectivity index (χ0n) is 30.2. The second-order valence-corrected chi connectivity index (χ2v) is 12.9. The van der Waals surface area contributed by atoms with Gasteiger partial charge in [-0.05, 0) is 23.2 Å². The van der Waals surface area contributed by atoms with Crippen LogP contribution in [-0.2, 0) is 57.0 Å². The standard InChI is InChI=1S/C35H37N7O14/c1-17(43)49-15-23-27(51-18(2)44)29(52-19(3)45)26(39-41-37)35(54-23)56-30-25(38-40-36)34(48-14-13-42-31(46)21-11-7-8-12-22(21)32(42)47)53-24-16-50-33(55-28(24)30)20-9-5-4-6-10-20/h4-12,23-30,33-35H,13-16H2,1-3H3. The van der Waals surface area contributed by atoms with E-state index < -0.39 is 104 Å². The van der Waals surface area contributed by atoms with Gasteiger partial charge in [-0.1, -0.05) is 52.7 Å². The molecule has 11 unspecified atom stereocenters. The highest BCUT2D eigenvalue weighted by molar-refractivity contribution is 6.21. The molecule has 0 spiro atoms. The Bertz CT molecular complexity index is 1870. The van der Waals surface area contributed by atoms with Gasteiger partial charge in [-0.15, -0.1) is 0 Å². The molecule has 21 nitrogen and oxygen atoms in total. The molecule has 56 heavy (non-hydrogen) atoms. The summed E-state index contributed by atoms with van der Waals surface area (Å²) in [7, 11) is 0. The number of rotatable bonds is 13. The van der Waals surface area contributed by atoms with Gasteiger partial charge in [-0.2, -0.15) is 0 Å². The summed E-state index contributed by atoms with van der Waals surface area (Å²) in [6, 6.07) is 12.3. The van der Waals surface area contributed by atoms with Gasteiger partial charge in [-0.25, -0.2) is 0 Å². The van der Waals surface area contributed by atoms with E-state index in [9.17, 15) is 35.0 Å². The lowest BCUT2D eigenvalue weighted by atomic mass is 9.94. The summed E-state index contributed by atoms with van der Waals surface area (Å²) in [4.78, 5) is 69.3. The molecule has 6 rings (SSSR count). The molecule has 0 aliphatic carbocycles. The van der Waals surface area contributed by atoms with Crippen molar-refractivity contribution in [3.05, 3.63) is 92.2 Å². The van der Waals surface area contributed by atoms with E-state index in [1.165, 1.54) is 0 Å². The fourth-order valence-corrected chi connectivity index (χ4v) is 6.85. The Morgan fingerprint density at radius 2 is 1.39 bits per heavy atom. The number of amides is 2. The molecule has 4 heterocycles. The van der Waals surface area contributed by atoms with Crippen molar-refractivity contribution in [3.8, 4) is 0 Å². The predicted octanol–water partition coefficient (Wildman–Crippen LogP) is 3.03. The van der Waals surface area contributed by atoms with Crippen LogP contribution in [0.25, 0.3) is 20.9 Å². The van der Waals surface area contributed by atoms with E-state index in [0.29, 0.717) is 5.56 Å². The summed E-state index contributed by atoms with van der Waals surface area (Å²) >= 11 is 0. The normalized spacial score (nSPS) is 30.8. The highest BCUT2D eigenvalue weighted by Gasteiger charge is 2.56. The second kappa shape index (κ2) is 17.9. The highest BCUT2D eigenvalue weighted by Crippen LogP contribution is 2.39. The maximum Gasteiger partial charge on any atom is 0.303 e. The Morgan fingerprint density at radius 1 is 0.786 bits per heavy atom. The molecular weight excluding hydrogens is 742 g/mol. The van der Waals surface area contributed by atoms with E-state index in [1.54, 1.807) is 54.6 Å². The molecule has 21 heteroatoms. The molecule has 2 amide bonds. The molecule has 3 fully saturated rings. The summed E-state index contributed by atoms with van der Waals surface area (Å²) in [5.74, 6) is -3.40. The van der Waals surface area contributed by atoms with Crippen molar-refractivity contribution in [2.45, 2.75) is 88.3 Å². The van der Waals surface area contributed by atoms with Crippen LogP contribution in [0.5, 0.6) is 0 Å². The number of hydrogen-bond donors (Lipinski definition) is 0. The number of benzene rings is 2. The third kappa shape index (κ3) is 8.75. The van der Waals surface area contributed by atoms with Gasteiger partial charge < -0.3 is 42.6 Å². The van der Waals surface area contributed by atoms with Crippen molar-refractivity contribution in [3.63, 3.8) is 0 Å². The lowest BCUT2D eigenvalue weighted by Crippen LogP contribution is -2.66. The number of ether oxygens (including phenoxy) is 9. The van der Waals surface area contributed by atoms with Crippen molar-refractivity contribution in [2.75, 3.05) is 26.4 Å². The van der Waals surface area contributed by atoms with E-state index >= 15 is 0 Å². The lowest BCUT2D eigenvalue weighted by Gasteiger charge is -2.50. The number of esters is 3. The van der Waals surface area contributed by atoms with Crippen LogP contribution in [-0.4, -0.2) is 122 Å². The van der Waals surface area contributed by atoms with Crippen LogP contribution in [0.2, 0.25) is 0 Å². The van der Waals surface area contributed by atoms with Gasteiger partial charge in [0.15, 0.2) is 31.1 Å². The third-order valence-corrected chi connectivity index (χ3v) is 9.18. The minimum Gasteiger partial charge on any atom is -0.463 e. The first kappa shape index (κ1) is 40.0. The third-order valence-electron chi connectivity index (χ3n) is 9.18. The van der Waals surface area contributed by atoms with Crippen molar-refractivity contribution in [1.29, 1.82) is 0 Å². The van der Waals surface area contributed by atoms with E-state index in [4.69, 9.17) is 42.6 Å². The number of hydrogen-bond acceptors (Lipinski definition) is 16. The van der Waals surface area contributed by atoms with Gasteiger partial charge in [0.1, 0.15) is 43.1 Å². The van der Waals surface area contributed by atoms with Crippen LogP contribution in [0.4, 0.5) is 0 Å². The maximum atomic E-state index is 13.0. The molecule has 0 aromatic heterocycles. The molecule has 4 aliphatic rings. The summed E-state index contributed by atoms with van der Waals surface area (Å²) in [6.45, 7) is 2.24. The molecule has 3 saturated heterocycles. The molecule has 0 N–H and O–H groups in total. The summed E-state index contributed by atoms with van der Waals surface area (Å²) in [5.41, 5.74) is 20.6. The molecule has 0 saturated carbocycles. The topological polar surface area (TPSA) is 269 Å². The predicted molar refractivity (Wildman–Crippen MR) is 184 cm³/mol. The van der Waals surface area contributed by atoms with E-state index in [-0.39, 0.29) is 30.9 Å². The van der Waals surface area contributed by atoms with Crippen LogP contribution in [0.3, 0.4) is 0 Å². The van der Waals surface area contributed by atoms with E-state index in [2.05, 4.69) is 20.1 Å². The van der Waals surface area contributed by atoms with Crippen LogP contribution < -0.4 is 0 Å². The molecular formula is C35H37N7O14. The van der Waals surface area contributed by atoms with E-state index in [0.717, 1.165) is 25.7 Å². The minimum atomic E-state index is -1.66. The monoisotopic (exact) mass is 779 g/mol. The molecule has 11 atom stereocenters. The number of azide groups is 2. The number of carbonyl (C=O) groups is 5. The largest absolute Gasteiger partial charge is 0.463 e.